The zero-order chi connectivity index (χ0) is 16.3. The van der Waals surface area contributed by atoms with Gasteiger partial charge >= 0.3 is 5.97 Å². The van der Waals surface area contributed by atoms with Crippen LogP contribution >= 0.6 is 0 Å². The monoisotopic (exact) mass is 302 g/mol. The van der Waals surface area contributed by atoms with Crippen molar-refractivity contribution < 1.29 is 14.7 Å². The number of aromatic nitrogens is 1. The Morgan fingerprint density at radius 3 is 2.55 bits per heavy atom. The predicted molar refractivity (Wildman–Crippen MR) is 85.9 cm³/mol. The van der Waals surface area contributed by atoms with E-state index in [1.54, 1.807) is 0 Å². The predicted octanol–water partition coefficient (Wildman–Crippen LogP) is 3.23. The third kappa shape index (κ3) is 3.13. The minimum Gasteiger partial charge on any atom is -0.477 e. The van der Waals surface area contributed by atoms with Crippen LogP contribution in [0.5, 0.6) is 0 Å². The number of hydrogen-bond acceptors (Lipinski definition) is 2. The van der Waals surface area contributed by atoms with Crippen molar-refractivity contribution in [1.82, 2.24) is 10.3 Å². The quantitative estimate of drug-likeness (QED) is 0.766. The average Bonchev–Trinajstić information content (AvgIpc) is 2.84. The SMILES string of the molecule is CCC(CC)C(=O)NCc1c(C(=O)O)[nH]c2ccc(C)cc12. The molecule has 0 radical (unpaired) electrons. The van der Waals surface area contributed by atoms with Crippen molar-refractivity contribution in [1.29, 1.82) is 0 Å². The second-order valence-electron chi connectivity index (χ2n) is 5.56. The smallest absolute Gasteiger partial charge is 0.352 e. The maximum absolute atomic E-state index is 12.1. The van der Waals surface area contributed by atoms with Gasteiger partial charge in [0.05, 0.1) is 0 Å². The van der Waals surface area contributed by atoms with Gasteiger partial charge in [-0.05, 0) is 31.9 Å². The largest absolute Gasteiger partial charge is 0.477 e. The van der Waals surface area contributed by atoms with Crippen LogP contribution in [0.4, 0.5) is 0 Å². The molecule has 0 aliphatic rings. The summed E-state index contributed by atoms with van der Waals surface area (Å²) in [5.41, 5.74) is 2.60. The Morgan fingerprint density at radius 2 is 1.95 bits per heavy atom. The Bertz CT molecular complexity index is 699. The number of rotatable bonds is 6. The molecule has 0 saturated carbocycles. The van der Waals surface area contributed by atoms with E-state index in [0.717, 1.165) is 29.3 Å². The highest BCUT2D eigenvalue weighted by atomic mass is 16.4. The normalized spacial score (nSPS) is 11.1. The second-order valence-corrected chi connectivity index (χ2v) is 5.56. The van der Waals surface area contributed by atoms with E-state index < -0.39 is 5.97 Å². The van der Waals surface area contributed by atoms with E-state index >= 15 is 0 Å². The zero-order valence-electron chi connectivity index (χ0n) is 13.2. The van der Waals surface area contributed by atoms with Gasteiger partial charge in [0.2, 0.25) is 5.91 Å². The first-order valence-electron chi connectivity index (χ1n) is 7.60. The summed E-state index contributed by atoms with van der Waals surface area (Å²) in [6.07, 6.45) is 1.56. The van der Waals surface area contributed by atoms with E-state index in [-0.39, 0.29) is 24.1 Å². The van der Waals surface area contributed by atoms with Crippen LogP contribution in [0.3, 0.4) is 0 Å². The number of aromatic amines is 1. The first-order chi connectivity index (χ1) is 10.5. The number of H-pyrrole nitrogens is 1. The number of aryl methyl sites for hydroxylation is 1. The lowest BCUT2D eigenvalue weighted by Crippen LogP contribution is -2.30. The molecule has 2 aromatic rings. The number of fused-ring (bicyclic) bond motifs is 1. The summed E-state index contributed by atoms with van der Waals surface area (Å²) >= 11 is 0. The fourth-order valence-corrected chi connectivity index (χ4v) is 2.71. The molecule has 22 heavy (non-hydrogen) atoms. The highest BCUT2D eigenvalue weighted by Gasteiger charge is 2.19. The molecule has 3 N–H and O–H groups in total. The number of carboxylic acid groups (broad SMARTS) is 1. The lowest BCUT2D eigenvalue weighted by molar-refractivity contribution is -0.125. The van der Waals surface area contributed by atoms with Crippen LogP contribution in [0.2, 0.25) is 0 Å². The molecule has 0 unspecified atom stereocenters. The van der Waals surface area contributed by atoms with Crippen LogP contribution in [0.1, 0.15) is 48.3 Å². The van der Waals surface area contributed by atoms with E-state index in [4.69, 9.17) is 0 Å². The van der Waals surface area contributed by atoms with Gasteiger partial charge in [-0.15, -0.1) is 0 Å². The minimum atomic E-state index is -1.01. The number of hydrogen-bond donors (Lipinski definition) is 3. The number of carbonyl (C=O) groups is 2. The molecule has 0 atom stereocenters. The minimum absolute atomic E-state index is 0.0247. The summed E-state index contributed by atoms with van der Waals surface area (Å²) in [6.45, 7) is 6.14. The van der Waals surface area contributed by atoms with Gasteiger partial charge in [-0.2, -0.15) is 0 Å². The van der Waals surface area contributed by atoms with Gasteiger partial charge in [-0.1, -0.05) is 25.5 Å². The fourth-order valence-electron chi connectivity index (χ4n) is 2.71. The van der Waals surface area contributed by atoms with Crippen molar-refractivity contribution in [2.24, 2.45) is 5.92 Å². The van der Waals surface area contributed by atoms with Crippen LogP contribution in [-0.2, 0) is 11.3 Å². The summed E-state index contributed by atoms with van der Waals surface area (Å²) in [4.78, 5) is 26.5. The zero-order valence-corrected chi connectivity index (χ0v) is 13.2. The van der Waals surface area contributed by atoms with Crippen molar-refractivity contribution in [3.63, 3.8) is 0 Å². The molecule has 5 nitrogen and oxygen atoms in total. The van der Waals surface area contributed by atoms with Gasteiger partial charge < -0.3 is 15.4 Å². The van der Waals surface area contributed by atoms with Crippen molar-refractivity contribution >= 4 is 22.8 Å². The van der Waals surface area contributed by atoms with Crippen LogP contribution < -0.4 is 5.32 Å². The van der Waals surface area contributed by atoms with Gasteiger partial charge in [0.15, 0.2) is 0 Å². The van der Waals surface area contributed by atoms with E-state index in [2.05, 4.69) is 10.3 Å². The van der Waals surface area contributed by atoms with Crippen LogP contribution in [0.15, 0.2) is 18.2 Å². The number of amides is 1. The molecule has 1 heterocycles. The number of carbonyl (C=O) groups excluding carboxylic acids is 1. The number of aromatic carboxylic acids is 1. The summed E-state index contributed by atoms with van der Waals surface area (Å²) in [5, 5.41) is 13.1. The van der Waals surface area contributed by atoms with Crippen molar-refractivity contribution in [2.75, 3.05) is 0 Å². The third-order valence-corrected chi connectivity index (χ3v) is 4.07. The molecular weight excluding hydrogens is 280 g/mol. The van der Waals surface area contributed by atoms with Crippen LogP contribution in [0, 0.1) is 12.8 Å². The molecule has 0 saturated heterocycles. The van der Waals surface area contributed by atoms with E-state index in [0.29, 0.717) is 5.56 Å². The molecule has 2 rings (SSSR count). The van der Waals surface area contributed by atoms with Gasteiger partial charge in [0.25, 0.3) is 0 Å². The number of carboxylic acids is 1. The topological polar surface area (TPSA) is 82.2 Å². The Balaban J connectivity index is 2.33. The number of benzene rings is 1. The van der Waals surface area contributed by atoms with Gasteiger partial charge in [0.1, 0.15) is 5.69 Å². The highest BCUT2D eigenvalue weighted by molar-refractivity contribution is 5.97. The molecular formula is C17H22N2O3. The van der Waals surface area contributed by atoms with Gasteiger partial charge in [-0.3, -0.25) is 4.79 Å². The molecule has 1 amide bonds. The Morgan fingerprint density at radius 1 is 1.27 bits per heavy atom. The molecule has 0 aliphatic carbocycles. The number of nitrogens with one attached hydrogen (secondary N) is 2. The lowest BCUT2D eigenvalue weighted by Gasteiger charge is -2.13. The van der Waals surface area contributed by atoms with Gasteiger partial charge in [-0.25, -0.2) is 4.79 Å². The first-order valence-corrected chi connectivity index (χ1v) is 7.60. The van der Waals surface area contributed by atoms with Crippen molar-refractivity contribution in [3.8, 4) is 0 Å². The molecule has 0 aliphatic heterocycles. The van der Waals surface area contributed by atoms with Crippen LogP contribution in [-0.4, -0.2) is 22.0 Å². The van der Waals surface area contributed by atoms with Crippen molar-refractivity contribution in [3.05, 3.63) is 35.0 Å². The van der Waals surface area contributed by atoms with Crippen LogP contribution in [0.25, 0.3) is 10.9 Å². The summed E-state index contributed by atoms with van der Waals surface area (Å²) < 4.78 is 0. The maximum atomic E-state index is 12.1. The summed E-state index contributed by atoms with van der Waals surface area (Å²) in [6, 6.07) is 5.73. The molecule has 118 valence electrons. The van der Waals surface area contributed by atoms with E-state index in [1.165, 1.54) is 0 Å². The Kier molecular flexibility index (Phi) is 4.85. The summed E-state index contributed by atoms with van der Waals surface area (Å²) in [5.74, 6) is -1.07. The standard InChI is InChI=1S/C17H22N2O3/c1-4-11(5-2)16(20)18-9-13-12-8-10(3)6-7-14(12)19-15(13)17(21)22/h6-8,11,19H,4-5,9H2,1-3H3,(H,18,20)(H,21,22). The third-order valence-electron chi connectivity index (χ3n) is 4.07. The molecule has 1 aromatic heterocycles. The molecule has 5 heteroatoms. The summed E-state index contributed by atoms with van der Waals surface area (Å²) in [7, 11) is 0. The Hall–Kier alpha value is -2.30. The van der Waals surface area contributed by atoms with Gasteiger partial charge in [0, 0.05) is 28.9 Å². The molecule has 0 fully saturated rings. The highest BCUT2D eigenvalue weighted by Crippen LogP contribution is 2.24. The van der Waals surface area contributed by atoms with E-state index in [1.807, 2.05) is 39.0 Å². The average molecular weight is 302 g/mol. The maximum Gasteiger partial charge on any atom is 0.352 e. The lowest BCUT2D eigenvalue weighted by atomic mass is 10.0. The fraction of sp³-hybridized carbons (Fsp3) is 0.412. The van der Waals surface area contributed by atoms with Crippen molar-refractivity contribution in [2.45, 2.75) is 40.2 Å². The van der Waals surface area contributed by atoms with E-state index in [9.17, 15) is 14.7 Å². The second kappa shape index (κ2) is 6.64. The molecule has 0 spiro atoms. The molecule has 1 aromatic carbocycles. The first kappa shape index (κ1) is 16.1. The Labute approximate surface area is 129 Å². The molecule has 0 bridgehead atoms.